The first-order chi connectivity index (χ1) is 13.1. The van der Waals surface area contributed by atoms with Crippen LogP contribution < -0.4 is 0 Å². The van der Waals surface area contributed by atoms with Gasteiger partial charge < -0.3 is 0 Å². The second-order valence-electron chi connectivity index (χ2n) is 5.78. The minimum atomic E-state index is 0.359. The van der Waals surface area contributed by atoms with E-state index in [2.05, 4.69) is 32.0 Å². The van der Waals surface area contributed by atoms with E-state index in [0.717, 1.165) is 26.6 Å². The van der Waals surface area contributed by atoms with Crippen molar-refractivity contribution in [1.29, 1.82) is 5.26 Å². The maximum Gasteiger partial charge on any atom is 0.137 e. The molecule has 2 aromatic heterocycles. The Morgan fingerprint density at radius 3 is 2.70 bits per heavy atom. The van der Waals surface area contributed by atoms with Gasteiger partial charge in [-0.2, -0.15) is 5.26 Å². The first-order valence-corrected chi connectivity index (χ1v) is 10.1. The quantitative estimate of drug-likeness (QED) is 0.252. The fourth-order valence-corrected chi connectivity index (χ4v) is 4.05. The van der Waals surface area contributed by atoms with Crippen molar-refractivity contribution >= 4 is 61.4 Å². The van der Waals surface area contributed by atoms with Crippen molar-refractivity contribution in [2.75, 3.05) is 0 Å². The van der Waals surface area contributed by atoms with Crippen molar-refractivity contribution in [3.8, 4) is 17.3 Å². The van der Waals surface area contributed by atoms with Gasteiger partial charge in [0.25, 0.3) is 0 Å². The fraction of sp³-hybridized carbons (Fsp3) is 0. The Labute approximate surface area is 173 Å². The lowest BCUT2D eigenvalue weighted by molar-refractivity contribution is 1.36. The second-order valence-corrected chi connectivity index (χ2v) is 7.91. The lowest BCUT2D eigenvalue weighted by Crippen LogP contribution is -1.87. The summed E-state index contributed by atoms with van der Waals surface area (Å²) in [6, 6.07) is 19.8. The number of pyridine rings is 1. The molecule has 0 unspecified atom stereocenters. The Kier molecular flexibility index (Phi) is 5.04. The Bertz CT molecular complexity index is 1210. The highest BCUT2D eigenvalue weighted by Crippen LogP contribution is 2.30. The third-order valence-corrected chi connectivity index (χ3v) is 5.65. The molecule has 0 aliphatic heterocycles. The highest BCUT2D eigenvalue weighted by molar-refractivity contribution is 9.10. The molecule has 0 fully saturated rings. The molecule has 6 heteroatoms. The molecule has 0 radical (unpaired) electrons. The molecular formula is C21H11BrClN3S. The van der Waals surface area contributed by atoms with Gasteiger partial charge in [-0.05, 0) is 30.3 Å². The Balaban J connectivity index is 1.76. The van der Waals surface area contributed by atoms with E-state index >= 15 is 0 Å². The average molecular weight is 453 g/mol. The number of nitrogens with zero attached hydrogens (tertiary/aromatic N) is 3. The first-order valence-electron chi connectivity index (χ1n) is 8.03. The van der Waals surface area contributed by atoms with Gasteiger partial charge in [0.05, 0.1) is 16.8 Å². The minimum Gasteiger partial charge on any atom is -0.235 e. The number of hydrogen-bond donors (Lipinski definition) is 0. The predicted octanol–water partition coefficient (Wildman–Crippen LogP) is 6.84. The zero-order chi connectivity index (χ0) is 18.8. The van der Waals surface area contributed by atoms with Gasteiger partial charge in [0.1, 0.15) is 16.2 Å². The van der Waals surface area contributed by atoms with Crippen molar-refractivity contribution in [2.24, 2.45) is 0 Å². The molecule has 27 heavy (non-hydrogen) atoms. The highest BCUT2D eigenvalue weighted by Gasteiger charge is 2.11. The summed E-state index contributed by atoms with van der Waals surface area (Å²) in [5.41, 5.74) is 3.82. The van der Waals surface area contributed by atoms with Crippen LogP contribution in [0.1, 0.15) is 10.6 Å². The number of nitriles is 1. The average Bonchev–Trinajstić information content (AvgIpc) is 3.17. The van der Waals surface area contributed by atoms with Crippen LogP contribution in [0.5, 0.6) is 0 Å². The topological polar surface area (TPSA) is 49.6 Å². The standard InChI is InChI=1S/C21H11BrClN3S/c22-17-6-7-18-14(10-17)8-15(20(23)25-18)9-16(11-24)21-26-19(12-27-21)13-4-2-1-3-5-13/h1-10,12H. The second kappa shape index (κ2) is 7.61. The van der Waals surface area contributed by atoms with Crippen LogP contribution in [0.4, 0.5) is 0 Å². The lowest BCUT2D eigenvalue weighted by Gasteiger charge is -2.03. The van der Waals surface area contributed by atoms with E-state index in [4.69, 9.17) is 11.6 Å². The van der Waals surface area contributed by atoms with Crippen LogP contribution in [0.2, 0.25) is 5.15 Å². The molecule has 0 aliphatic carbocycles. The molecule has 0 aliphatic rings. The van der Waals surface area contributed by atoms with Gasteiger partial charge in [-0.3, -0.25) is 0 Å². The highest BCUT2D eigenvalue weighted by atomic mass is 79.9. The molecule has 0 spiro atoms. The van der Waals surface area contributed by atoms with E-state index in [-0.39, 0.29) is 0 Å². The number of fused-ring (bicyclic) bond motifs is 1. The van der Waals surface area contributed by atoms with Crippen LogP contribution in [-0.4, -0.2) is 9.97 Å². The van der Waals surface area contributed by atoms with Crippen molar-refractivity contribution < 1.29 is 0 Å². The van der Waals surface area contributed by atoms with Gasteiger partial charge in [-0.15, -0.1) is 11.3 Å². The van der Waals surface area contributed by atoms with E-state index in [1.165, 1.54) is 11.3 Å². The van der Waals surface area contributed by atoms with Gasteiger partial charge in [-0.25, -0.2) is 9.97 Å². The molecule has 130 valence electrons. The number of benzene rings is 2. The number of hydrogen-bond acceptors (Lipinski definition) is 4. The number of allylic oxidation sites excluding steroid dienone is 1. The molecule has 0 saturated carbocycles. The molecule has 4 rings (SSSR count). The third kappa shape index (κ3) is 3.79. The van der Waals surface area contributed by atoms with Gasteiger partial charge in [-0.1, -0.05) is 57.9 Å². The third-order valence-electron chi connectivity index (χ3n) is 3.98. The predicted molar refractivity (Wildman–Crippen MR) is 115 cm³/mol. The van der Waals surface area contributed by atoms with Crippen molar-refractivity contribution in [2.45, 2.75) is 0 Å². The van der Waals surface area contributed by atoms with Gasteiger partial charge in [0.15, 0.2) is 0 Å². The summed E-state index contributed by atoms with van der Waals surface area (Å²) in [4.78, 5) is 9.03. The monoisotopic (exact) mass is 451 g/mol. The molecule has 3 nitrogen and oxygen atoms in total. The summed E-state index contributed by atoms with van der Waals surface area (Å²) in [6.45, 7) is 0. The molecule has 0 N–H and O–H groups in total. The van der Waals surface area contributed by atoms with Gasteiger partial charge >= 0.3 is 0 Å². The van der Waals surface area contributed by atoms with E-state index in [1.807, 2.05) is 60.0 Å². The Hall–Kier alpha value is -2.52. The van der Waals surface area contributed by atoms with Crippen molar-refractivity contribution in [1.82, 2.24) is 9.97 Å². The van der Waals surface area contributed by atoms with Crippen LogP contribution in [0, 0.1) is 11.3 Å². The van der Waals surface area contributed by atoms with E-state index in [9.17, 15) is 5.26 Å². The molecular weight excluding hydrogens is 442 g/mol. The fourth-order valence-electron chi connectivity index (χ4n) is 2.68. The van der Waals surface area contributed by atoms with E-state index < -0.39 is 0 Å². The van der Waals surface area contributed by atoms with Gasteiger partial charge in [0.2, 0.25) is 0 Å². The van der Waals surface area contributed by atoms with Crippen LogP contribution in [0.3, 0.4) is 0 Å². The normalized spacial score (nSPS) is 11.5. The zero-order valence-corrected chi connectivity index (χ0v) is 17.0. The number of aromatic nitrogens is 2. The molecule has 0 saturated heterocycles. The Morgan fingerprint density at radius 1 is 1.11 bits per heavy atom. The first kappa shape index (κ1) is 17.9. The molecule has 0 bridgehead atoms. The van der Waals surface area contributed by atoms with Crippen molar-refractivity contribution in [3.05, 3.63) is 80.2 Å². The SMILES string of the molecule is N#CC(=Cc1cc2cc(Br)ccc2nc1Cl)c1nc(-c2ccccc2)cs1. The number of rotatable bonds is 3. The number of thiazole rings is 1. The summed E-state index contributed by atoms with van der Waals surface area (Å²) in [7, 11) is 0. The maximum absolute atomic E-state index is 9.65. The van der Waals surface area contributed by atoms with E-state index in [0.29, 0.717) is 21.3 Å². The van der Waals surface area contributed by atoms with E-state index in [1.54, 1.807) is 6.08 Å². The summed E-state index contributed by atoms with van der Waals surface area (Å²) in [6.07, 6.45) is 1.74. The molecule has 0 atom stereocenters. The smallest absolute Gasteiger partial charge is 0.137 e. The molecule has 2 heterocycles. The lowest BCUT2D eigenvalue weighted by atomic mass is 10.1. The van der Waals surface area contributed by atoms with Crippen LogP contribution in [0.25, 0.3) is 33.8 Å². The largest absolute Gasteiger partial charge is 0.235 e. The minimum absolute atomic E-state index is 0.359. The maximum atomic E-state index is 9.65. The molecule has 4 aromatic rings. The Morgan fingerprint density at radius 2 is 1.93 bits per heavy atom. The summed E-state index contributed by atoms with van der Waals surface area (Å²) in [5, 5.41) is 13.6. The van der Waals surface area contributed by atoms with Crippen LogP contribution in [0.15, 0.2) is 64.5 Å². The molecule has 0 amide bonds. The summed E-state index contributed by atoms with van der Waals surface area (Å²) >= 11 is 11.2. The zero-order valence-electron chi connectivity index (χ0n) is 13.9. The van der Waals surface area contributed by atoms with Crippen LogP contribution >= 0.6 is 38.9 Å². The van der Waals surface area contributed by atoms with Crippen LogP contribution in [-0.2, 0) is 0 Å². The summed E-state index contributed by atoms with van der Waals surface area (Å²) in [5.74, 6) is 0. The summed E-state index contributed by atoms with van der Waals surface area (Å²) < 4.78 is 0.960. The van der Waals surface area contributed by atoms with Gasteiger partial charge in [0, 0.05) is 26.4 Å². The number of halogens is 2. The molecule has 2 aromatic carbocycles. The van der Waals surface area contributed by atoms with Crippen molar-refractivity contribution in [3.63, 3.8) is 0 Å².